The van der Waals surface area contributed by atoms with Crippen LogP contribution in [0.4, 0.5) is 0 Å². The predicted octanol–water partition coefficient (Wildman–Crippen LogP) is 1.95. The summed E-state index contributed by atoms with van der Waals surface area (Å²) in [5.74, 6) is 0.0912. The lowest BCUT2D eigenvalue weighted by molar-refractivity contribution is -0.133. The molecular formula is C11H17N3O2S. The zero-order valence-electron chi connectivity index (χ0n) is 10.1. The smallest absolute Gasteiger partial charge is 0.313 e. The summed E-state index contributed by atoms with van der Waals surface area (Å²) in [5, 5.41) is 17.5. The number of aliphatic carboxylic acids is 1. The van der Waals surface area contributed by atoms with Crippen molar-refractivity contribution in [3.63, 3.8) is 0 Å². The van der Waals surface area contributed by atoms with E-state index in [0.717, 1.165) is 23.9 Å². The quantitative estimate of drug-likeness (QED) is 0.787. The molecular weight excluding hydrogens is 238 g/mol. The van der Waals surface area contributed by atoms with Crippen molar-refractivity contribution in [3.8, 4) is 0 Å². The van der Waals surface area contributed by atoms with Crippen molar-refractivity contribution in [2.24, 2.45) is 5.41 Å². The molecule has 0 aliphatic heterocycles. The van der Waals surface area contributed by atoms with Gasteiger partial charge in [-0.3, -0.25) is 4.79 Å². The van der Waals surface area contributed by atoms with Gasteiger partial charge >= 0.3 is 5.97 Å². The Labute approximate surface area is 105 Å². The van der Waals surface area contributed by atoms with Crippen LogP contribution in [-0.2, 0) is 11.3 Å². The molecule has 1 heterocycles. The van der Waals surface area contributed by atoms with Gasteiger partial charge in [-0.1, -0.05) is 18.7 Å². The molecule has 6 heteroatoms. The molecule has 94 valence electrons. The van der Waals surface area contributed by atoms with Gasteiger partial charge in [0, 0.05) is 6.54 Å². The number of rotatable bonds is 6. The number of hydrogen-bond acceptors (Lipinski definition) is 4. The molecule has 1 N–H and O–H groups in total. The van der Waals surface area contributed by atoms with Gasteiger partial charge in [0.05, 0.1) is 5.75 Å². The zero-order valence-corrected chi connectivity index (χ0v) is 11.0. The number of hydrogen-bond donors (Lipinski definition) is 1. The Morgan fingerprint density at radius 2 is 2.24 bits per heavy atom. The van der Waals surface area contributed by atoms with Gasteiger partial charge in [-0.2, -0.15) is 0 Å². The van der Waals surface area contributed by atoms with Gasteiger partial charge in [-0.15, -0.1) is 10.2 Å². The van der Waals surface area contributed by atoms with Crippen LogP contribution >= 0.6 is 11.8 Å². The van der Waals surface area contributed by atoms with Crippen LogP contribution in [-0.4, -0.2) is 31.6 Å². The second-order valence-corrected chi connectivity index (χ2v) is 5.59. The van der Waals surface area contributed by atoms with E-state index in [4.69, 9.17) is 5.11 Å². The van der Waals surface area contributed by atoms with E-state index < -0.39 is 5.97 Å². The Hall–Kier alpha value is -1.04. The van der Waals surface area contributed by atoms with E-state index in [1.165, 1.54) is 24.6 Å². The van der Waals surface area contributed by atoms with Crippen LogP contribution in [0.25, 0.3) is 0 Å². The first-order valence-electron chi connectivity index (χ1n) is 5.81. The van der Waals surface area contributed by atoms with Crippen molar-refractivity contribution in [2.75, 3.05) is 5.75 Å². The lowest BCUT2D eigenvalue weighted by atomic mass is 10.0. The van der Waals surface area contributed by atoms with Crippen LogP contribution in [0, 0.1) is 12.3 Å². The molecule has 0 radical (unpaired) electrons. The highest BCUT2D eigenvalue weighted by Crippen LogP contribution is 2.50. The minimum Gasteiger partial charge on any atom is -0.481 e. The van der Waals surface area contributed by atoms with Crippen LogP contribution in [0.3, 0.4) is 0 Å². The van der Waals surface area contributed by atoms with Crippen molar-refractivity contribution in [1.82, 2.24) is 14.8 Å². The van der Waals surface area contributed by atoms with Crippen molar-refractivity contribution < 1.29 is 9.90 Å². The second kappa shape index (κ2) is 4.68. The van der Waals surface area contributed by atoms with Gasteiger partial charge in [-0.05, 0) is 31.6 Å². The molecule has 1 aliphatic rings. The summed E-state index contributed by atoms with van der Waals surface area (Å²) in [6.07, 6.45) is 3.67. The van der Waals surface area contributed by atoms with E-state index in [-0.39, 0.29) is 5.75 Å². The summed E-state index contributed by atoms with van der Waals surface area (Å²) in [6.45, 7) is 5.05. The molecule has 0 saturated heterocycles. The number of carboxylic acid groups (broad SMARTS) is 1. The first-order valence-corrected chi connectivity index (χ1v) is 6.79. The molecule has 0 bridgehead atoms. The summed E-state index contributed by atoms with van der Waals surface area (Å²) < 4.78 is 2.06. The normalized spacial score (nSPS) is 17.1. The molecule has 17 heavy (non-hydrogen) atoms. The summed E-state index contributed by atoms with van der Waals surface area (Å²) in [6, 6.07) is 0. The zero-order chi connectivity index (χ0) is 12.5. The Bertz CT molecular complexity index is 426. The van der Waals surface area contributed by atoms with Gasteiger partial charge in [0.2, 0.25) is 0 Å². The fraction of sp³-hybridized carbons (Fsp3) is 0.727. The number of carboxylic acids is 1. The molecule has 1 saturated carbocycles. The molecule has 5 nitrogen and oxygen atoms in total. The van der Waals surface area contributed by atoms with E-state index >= 15 is 0 Å². The highest BCUT2D eigenvalue weighted by atomic mass is 32.2. The van der Waals surface area contributed by atoms with Crippen molar-refractivity contribution >= 4 is 17.7 Å². The van der Waals surface area contributed by atoms with E-state index in [9.17, 15) is 4.79 Å². The molecule has 1 aromatic rings. The molecule has 0 amide bonds. The number of nitrogens with zero attached hydrogens (tertiary/aromatic N) is 3. The van der Waals surface area contributed by atoms with Gasteiger partial charge in [0.25, 0.3) is 0 Å². The maximum absolute atomic E-state index is 10.6. The van der Waals surface area contributed by atoms with Gasteiger partial charge in [0.15, 0.2) is 5.16 Å². The molecule has 0 atom stereocenters. The molecule has 1 fully saturated rings. The third-order valence-corrected chi connectivity index (χ3v) is 4.38. The van der Waals surface area contributed by atoms with Crippen molar-refractivity contribution in [1.29, 1.82) is 0 Å². The van der Waals surface area contributed by atoms with Crippen LogP contribution in [0.5, 0.6) is 0 Å². The third-order valence-electron chi connectivity index (χ3n) is 3.43. The first-order chi connectivity index (χ1) is 8.06. The van der Waals surface area contributed by atoms with Crippen molar-refractivity contribution in [2.45, 2.75) is 44.8 Å². The highest BCUT2D eigenvalue weighted by molar-refractivity contribution is 7.99. The summed E-state index contributed by atoms with van der Waals surface area (Å²) in [7, 11) is 0. The Morgan fingerprint density at radius 1 is 1.53 bits per heavy atom. The standard InChI is InChI=1S/C11H17N3O2S/c1-3-11(4-5-11)7-14-8(2)12-13-10(14)17-6-9(15)16/h3-7H2,1-2H3,(H,15,16). The summed E-state index contributed by atoms with van der Waals surface area (Å²) >= 11 is 1.24. The largest absolute Gasteiger partial charge is 0.481 e. The minimum absolute atomic E-state index is 0.0389. The van der Waals surface area contributed by atoms with Gasteiger partial charge in [0.1, 0.15) is 5.82 Å². The van der Waals surface area contributed by atoms with Gasteiger partial charge < -0.3 is 9.67 Å². The summed E-state index contributed by atoms with van der Waals surface area (Å²) in [4.78, 5) is 10.6. The number of carbonyl (C=O) groups is 1. The molecule has 1 aliphatic carbocycles. The lowest BCUT2D eigenvalue weighted by Gasteiger charge is -2.15. The second-order valence-electron chi connectivity index (χ2n) is 4.65. The average Bonchev–Trinajstić information content (AvgIpc) is 2.99. The predicted molar refractivity (Wildman–Crippen MR) is 65.1 cm³/mol. The first kappa shape index (κ1) is 12.4. The average molecular weight is 255 g/mol. The van der Waals surface area contributed by atoms with Crippen LogP contribution in [0.1, 0.15) is 32.0 Å². The van der Waals surface area contributed by atoms with Crippen molar-refractivity contribution in [3.05, 3.63) is 5.82 Å². The number of thioether (sulfide) groups is 1. The Balaban J connectivity index is 2.09. The number of aromatic nitrogens is 3. The monoisotopic (exact) mass is 255 g/mol. The molecule has 1 aromatic heterocycles. The van der Waals surface area contributed by atoms with Crippen LogP contribution in [0.2, 0.25) is 0 Å². The minimum atomic E-state index is -0.821. The van der Waals surface area contributed by atoms with E-state index in [1.807, 2.05) is 6.92 Å². The fourth-order valence-electron chi connectivity index (χ4n) is 1.91. The fourth-order valence-corrected chi connectivity index (χ4v) is 2.62. The van der Waals surface area contributed by atoms with E-state index in [0.29, 0.717) is 5.41 Å². The topological polar surface area (TPSA) is 68.0 Å². The highest BCUT2D eigenvalue weighted by Gasteiger charge is 2.41. The number of aryl methyl sites for hydroxylation is 1. The maximum Gasteiger partial charge on any atom is 0.313 e. The van der Waals surface area contributed by atoms with Gasteiger partial charge in [-0.25, -0.2) is 0 Å². The molecule has 0 unspecified atom stereocenters. The maximum atomic E-state index is 10.6. The Kier molecular flexibility index (Phi) is 3.42. The van der Waals surface area contributed by atoms with Crippen LogP contribution in [0.15, 0.2) is 5.16 Å². The van der Waals surface area contributed by atoms with E-state index in [2.05, 4.69) is 21.7 Å². The molecule has 0 aromatic carbocycles. The summed E-state index contributed by atoms with van der Waals surface area (Å²) in [5.41, 5.74) is 0.408. The van der Waals surface area contributed by atoms with E-state index in [1.54, 1.807) is 0 Å². The molecule has 0 spiro atoms. The Morgan fingerprint density at radius 3 is 2.76 bits per heavy atom. The third kappa shape index (κ3) is 2.80. The molecule has 2 rings (SSSR count). The van der Waals surface area contributed by atoms with Crippen LogP contribution < -0.4 is 0 Å². The lowest BCUT2D eigenvalue weighted by Crippen LogP contribution is -2.13. The SMILES string of the molecule is CCC1(Cn2c(C)nnc2SCC(=O)O)CC1.